The van der Waals surface area contributed by atoms with E-state index < -0.39 is 5.91 Å². The van der Waals surface area contributed by atoms with Crippen LogP contribution in [-0.2, 0) is 13.0 Å². The average molecular weight is 540 g/mol. The molecule has 0 atom stereocenters. The molecule has 0 radical (unpaired) electrons. The standard InChI is InChI=1S/C31H37N7O2/c1-33-37-36-30(32)35-29(39)27-14-12-24(13-15-27)22-38(31(40)34-21-20-23-8-4-2-5-9-23)28-18-16-26(17-19-28)25-10-6-3-7-11-25/h2,4-5,8-9,12-19,25H,3,6-7,10-11,20-22H2,1H3,(H,34,40)(H3,32,33,35,36,39). The third-order valence-corrected chi connectivity index (χ3v) is 7.10. The van der Waals surface area contributed by atoms with Crippen LogP contribution < -0.4 is 21.0 Å². The van der Waals surface area contributed by atoms with Crippen LogP contribution in [0.2, 0.25) is 0 Å². The Morgan fingerprint density at radius 3 is 2.27 bits per heavy atom. The lowest BCUT2D eigenvalue weighted by molar-refractivity contribution is 0.0976. The average Bonchev–Trinajstić information content (AvgIpc) is 3.00. The Bertz CT molecular complexity index is 1290. The zero-order valence-electron chi connectivity index (χ0n) is 22.9. The minimum Gasteiger partial charge on any atom is -0.337 e. The molecule has 0 saturated heterocycles. The van der Waals surface area contributed by atoms with Gasteiger partial charge < -0.3 is 5.32 Å². The van der Waals surface area contributed by atoms with E-state index in [-0.39, 0.29) is 12.0 Å². The fourth-order valence-corrected chi connectivity index (χ4v) is 4.95. The number of carbonyl (C=O) groups is 2. The van der Waals surface area contributed by atoms with E-state index in [4.69, 9.17) is 5.41 Å². The van der Waals surface area contributed by atoms with Crippen molar-refractivity contribution in [3.8, 4) is 0 Å². The first-order valence-corrected chi connectivity index (χ1v) is 13.8. The van der Waals surface area contributed by atoms with Crippen LogP contribution in [0, 0.1) is 5.41 Å². The predicted molar refractivity (Wildman–Crippen MR) is 158 cm³/mol. The number of rotatable bonds is 9. The number of amides is 3. The van der Waals surface area contributed by atoms with Gasteiger partial charge in [-0.1, -0.05) is 84.2 Å². The molecule has 40 heavy (non-hydrogen) atoms. The molecule has 0 spiro atoms. The van der Waals surface area contributed by atoms with Crippen LogP contribution in [0.15, 0.2) is 89.2 Å². The maximum Gasteiger partial charge on any atom is 0.322 e. The van der Waals surface area contributed by atoms with Crippen LogP contribution in [0.3, 0.4) is 0 Å². The van der Waals surface area contributed by atoms with Crippen LogP contribution in [0.25, 0.3) is 0 Å². The minimum atomic E-state index is -0.458. The summed E-state index contributed by atoms with van der Waals surface area (Å²) in [6.07, 6.45) is 7.06. The second kappa shape index (κ2) is 14.6. The molecule has 4 rings (SSSR count). The van der Waals surface area contributed by atoms with Gasteiger partial charge in [0.15, 0.2) is 0 Å². The van der Waals surface area contributed by atoms with E-state index in [0.717, 1.165) is 17.7 Å². The highest BCUT2D eigenvalue weighted by Gasteiger charge is 2.19. The first-order chi connectivity index (χ1) is 19.5. The molecule has 0 unspecified atom stereocenters. The zero-order chi connectivity index (χ0) is 28.2. The van der Waals surface area contributed by atoms with Gasteiger partial charge in [0.25, 0.3) is 5.91 Å². The Balaban J connectivity index is 1.46. The lowest BCUT2D eigenvalue weighted by Crippen LogP contribution is -2.40. The molecule has 3 amide bonds. The van der Waals surface area contributed by atoms with Crippen molar-refractivity contribution in [2.24, 2.45) is 10.3 Å². The molecule has 9 nitrogen and oxygen atoms in total. The number of carbonyl (C=O) groups excluding carboxylic acids is 2. The van der Waals surface area contributed by atoms with Crippen LogP contribution in [0.4, 0.5) is 10.5 Å². The summed E-state index contributed by atoms with van der Waals surface area (Å²) < 4.78 is 0. The van der Waals surface area contributed by atoms with Gasteiger partial charge in [0.2, 0.25) is 5.96 Å². The van der Waals surface area contributed by atoms with Crippen molar-refractivity contribution < 1.29 is 9.59 Å². The number of hydrogen-bond acceptors (Lipinski definition) is 4. The Morgan fingerprint density at radius 2 is 1.60 bits per heavy atom. The summed E-state index contributed by atoms with van der Waals surface area (Å²) in [7, 11) is 1.55. The van der Waals surface area contributed by atoms with Crippen LogP contribution in [0.1, 0.15) is 65.1 Å². The molecule has 0 heterocycles. The van der Waals surface area contributed by atoms with E-state index in [1.54, 1.807) is 24.1 Å². The topological polar surface area (TPSA) is 122 Å². The van der Waals surface area contributed by atoms with Gasteiger partial charge in [-0.25, -0.2) is 4.79 Å². The van der Waals surface area contributed by atoms with E-state index in [1.807, 2.05) is 42.5 Å². The van der Waals surface area contributed by atoms with E-state index in [9.17, 15) is 9.59 Å². The Labute approximate surface area is 235 Å². The molecule has 0 aromatic heterocycles. The maximum absolute atomic E-state index is 13.4. The smallest absolute Gasteiger partial charge is 0.322 e. The summed E-state index contributed by atoms with van der Waals surface area (Å²) in [5, 5.41) is 20.1. The van der Waals surface area contributed by atoms with Crippen molar-refractivity contribution in [3.63, 3.8) is 0 Å². The first kappa shape index (κ1) is 28.5. The number of nitrogens with one attached hydrogen (secondary N) is 4. The molecule has 208 valence electrons. The fourth-order valence-electron chi connectivity index (χ4n) is 4.95. The molecule has 3 aromatic carbocycles. The molecule has 1 aliphatic rings. The summed E-state index contributed by atoms with van der Waals surface area (Å²) in [5.41, 5.74) is 7.00. The largest absolute Gasteiger partial charge is 0.337 e. The third-order valence-electron chi connectivity index (χ3n) is 7.10. The van der Waals surface area contributed by atoms with Crippen molar-refractivity contribution in [1.82, 2.24) is 16.1 Å². The second-order valence-electron chi connectivity index (χ2n) is 9.90. The van der Waals surface area contributed by atoms with Gasteiger partial charge in [0, 0.05) is 24.8 Å². The number of benzene rings is 3. The quantitative estimate of drug-likeness (QED) is 0.116. The normalized spacial score (nSPS) is 13.5. The third kappa shape index (κ3) is 8.23. The molecule has 1 fully saturated rings. The van der Waals surface area contributed by atoms with Crippen molar-refractivity contribution in [1.29, 1.82) is 5.41 Å². The van der Waals surface area contributed by atoms with Crippen molar-refractivity contribution >= 4 is 23.6 Å². The van der Waals surface area contributed by atoms with Crippen molar-refractivity contribution in [2.45, 2.75) is 51.0 Å². The highest BCUT2D eigenvalue weighted by Crippen LogP contribution is 2.33. The van der Waals surface area contributed by atoms with Gasteiger partial charge >= 0.3 is 6.03 Å². The molecule has 9 heteroatoms. The summed E-state index contributed by atoms with van der Waals surface area (Å²) in [6, 6.07) is 25.3. The summed E-state index contributed by atoms with van der Waals surface area (Å²) in [4.78, 5) is 27.6. The summed E-state index contributed by atoms with van der Waals surface area (Å²) >= 11 is 0. The van der Waals surface area contributed by atoms with Gasteiger partial charge in [0.05, 0.1) is 6.54 Å². The lowest BCUT2D eigenvalue weighted by atomic mass is 9.84. The van der Waals surface area contributed by atoms with Gasteiger partial charge in [-0.05, 0) is 66.1 Å². The van der Waals surface area contributed by atoms with Gasteiger partial charge in [-0.2, -0.15) is 0 Å². The van der Waals surface area contributed by atoms with Crippen LogP contribution >= 0.6 is 0 Å². The fraction of sp³-hybridized carbons (Fsp3) is 0.323. The molecular formula is C31H37N7O2. The highest BCUT2D eigenvalue weighted by molar-refractivity contribution is 6.05. The molecule has 4 N–H and O–H groups in total. The Hall–Kier alpha value is -4.53. The maximum atomic E-state index is 13.4. The first-order valence-electron chi connectivity index (χ1n) is 13.8. The van der Waals surface area contributed by atoms with Gasteiger partial charge in [-0.3, -0.25) is 25.8 Å². The number of urea groups is 1. The molecule has 3 aromatic rings. The SMILES string of the molecule is CN/N=N\C(=N)NC(=O)c1ccc(CN(C(=O)NCCc2ccccc2)c2ccc(C3CCCCC3)cc2)cc1. The van der Waals surface area contributed by atoms with Crippen LogP contribution in [0.5, 0.6) is 0 Å². The number of guanidine groups is 1. The molecule has 1 saturated carbocycles. The second-order valence-corrected chi connectivity index (χ2v) is 9.90. The molecule has 1 aliphatic carbocycles. The van der Waals surface area contributed by atoms with Crippen molar-refractivity contribution in [3.05, 3.63) is 101 Å². The molecule has 0 bridgehead atoms. The zero-order valence-corrected chi connectivity index (χ0v) is 22.9. The predicted octanol–water partition coefficient (Wildman–Crippen LogP) is 5.94. The lowest BCUT2D eigenvalue weighted by Gasteiger charge is -2.26. The summed E-state index contributed by atoms with van der Waals surface area (Å²) in [5.74, 6) is -0.227. The van der Waals surface area contributed by atoms with E-state index in [0.29, 0.717) is 24.6 Å². The molecule has 0 aliphatic heterocycles. The van der Waals surface area contributed by atoms with E-state index in [2.05, 4.69) is 50.7 Å². The highest BCUT2D eigenvalue weighted by atomic mass is 16.2. The summed E-state index contributed by atoms with van der Waals surface area (Å²) in [6.45, 7) is 0.865. The van der Waals surface area contributed by atoms with E-state index >= 15 is 0 Å². The monoisotopic (exact) mass is 539 g/mol. The Kier molecular flexibility index (Phi) is 10.4. The number of anilines is 1. The number of hydrogen-bond donors (Lipinski definition) is 4. The van der Waals surface area contributed by atoms with E-state index in [1.165, 1.54) is 43.2 Å². The van der Waals surface area contributed by atoms with Gasteiger partial charge in [-0.15, -0.1) is 0 Å². The molecular weight excluding hydrogens is 502 g/mol. The number of nitrogens with zero attached hydrogens (tertiary/aromatic N) is 3. The van der Waals surface area contributed by atoms with Gasteiger partial charge in [0.1, 0.15) is 0 Å². The van der Waals surface area contributed by atoms with Crippen LogP contribution in [-0.4, -0.2) is 31.5 Å². The Morgan fingerprint density at radius 1 is 0.900 bits per heavy atom. The minimum absolute atomic E-state index is 0.175. The van der Waals surface area contributed by atoms with Crippen molar-refractivity contribution in [2.75, 3.05) is 18.5 Å².